The fourth-order valence-electron chi connectivity index (χ4n) is 1.96. The van der Waals surface area contributed by atoms with E-state index in [1.807, 2.05) is 31.2 Å². The van der Waals surface area contributed by atoms with Crippen molar-refractivity contribution in [1.82, 2.24) is 10.3 Å². The molecule has 1 atom stereocenters. The van der Waals surface area contributed by atoms with Gasteiger partial charge in [0.15, 0.2) is 11.5 Å². The second-order valence-electron chi connectivity index (χ2n) is 4.95. The zero-order chi connectivity index (χ0) is 16.7. The highest BCUT2D eigenvalue weighted by Gasteiger charge is 2.13. The van der Waals surface area contributed by atoms with Crippen molar-refractivity contribution < 1.29 is 14.3 Å². The molecule has 2 rings (SSSR count). The van der Waals surface area contributed by atoms with E-state index in [1.54, 1.807) is 12.5 Å². The van der Waals surface area contributed by atoms with Crippen molar-refractivity contribution in [2.24, 2.45) is 5.73 Å². The van der Waals surface area contributed by atoms with Crippen LogP contribution >= 0.6 is 23.7 Å². The molecule has 0 fully saturated rings. The van der Waals surface area contributed by atoms with Gasteiger partial charge in [-0.2, -0.15) is 0 Å². The van der Waals surface area contributed by atoms with E-state index in [0.29, 0.717) is 36.7 Å². The van der Waals surface area contributed by atoms with E-state index in [0.717, 1.165) is 5.01 Å². The smallest absolute Gasteiger partial charge is 0.270 e. The van der Waals surface area contributed by atoms with Crippen LogP contribution in [0.15, 0.2) is 29.6 Å². The first-order valence-electron chi connectivity index (χ1n) is 7.36. The predicted molar refractivity (Wildman–Crippen MR) is 97.5 cm³/mol. The third-order valence-electron chi connectivity index (χ3n) is 3.09. The van der Waals surface area contributed by atoms with Crippen LogP contribution < -0.4 is 20.5 Å². The quantitative estimate of drug-likeness (QED) is 0.743. The summed E-state index contributed by atoms with van der Waals surface area (Å²) in [6.45, 7) is 2.78. The lowest BCUT2D eigenvalue weighted by Crippen LogP contribution is -2.33. The Labute approximate surface area is 151 Å². The van der Waals surface area contributed by atoms with Gasteiger partial charge in [0, 0.05) is 11.8 Å². The summed E-state index contributed by atoms with van der Waals surface area (Å²) in [6, 6.07) is 7.41. The second-order valence-corrected chi connectivity index (χ2v) is 5.90. The number of aromatic nitrogens is 1. The molecule has 2 aromatic rings. The third-order valence-corrected chi connectivity index (χ3v) is 4.00. The molecular weight excluding hydrogens is 350 g/mol. The summed E-state index contributed by atoms with van der Waals surface area (Å²) in [5, 5.41) is 5.43. The Balaban J connectivity index is 0.00000288. The van der Waals surface area contributed by atoms with Gasteiger partial charge >= 0.3 is 0 Å². The Bertz CT molecular complexity index is 651. The zero-order valence-electron chi connectivity index (χ0n) is 13.7. The third kappa shape index (κ3) is 5.67. The Kier molecular flexibility index (Phi) is 8.53. The molecule has 1 amide bonds. The highest BCUT2D eigenvalue weighted by atomic mass is 35.5. The minimum Gasteiger partial charge on any atom is -0.493 e. The van der Waals surface area contributed by atoms with Crippen molar-refractivity contribution in [2.75, 3.05) is 20.2 Å². The SMILES string of the molecule is COc1ccccc1OC(C)CNC(=O)c1csc(CCN)n1.Cl. The Morgan fingerprint density at radius 3 is 2.75 bits per heavy atom. The molecule has 0 bridgehead atoms. The van der Waals surface area contributed by atoms with Crippen molar-refractivity contribution in [2.45, 2.75) is 19.4 Å². The summed E-state index contributed by atoms with van der Waals surface area (Å²) >= 11 is 1.44. The summed E-state index contributed by atoms with van der Waals surface area (Å²) in [5.74, 6) is 1.10. The molecule has 1 aromatic heterocycles. The van der Waals surface area contributed by atoms with E-state index >= 15 is 0 Å². The first-order valence-corrected chi connectivity index (χ1v) is 8.24. The van der Waals surface area contributed by atoms with E-state index in [1.165, 1.54) is 11.3 Å². The minimum absolute atomic E-state index is 0. The number of hydrogen-bond acceptors (Lipinski definition) is 6. The largest absolute Gasteiger partial charge is 0.493 e. The molecule has 0 radical (unpaired) electrons. The van der Waals surface area contributed by atoms with E-state index in [-0.39, 0.29) is 24.4 Å². The number of hydrogen-bond donors (Lipinski definition) is 2. The highest BCUT2D eigenvalue weighted by molar-refractivity contribution is 7.09. The van der Waals surface area contributed by atoms with Gasteiger partial charge in [0.1, 0.15) is 11.8 Å². The van der Waals surface area contributed by atoms with Gasteiger partial charge in [0.25, 0.3) is 5.91 Å². The number of benzene rings is 1. The highest BCUT2D eigenvalue weighted by Crippen LogP contribution is 2.26. The van der Waals surface area contributed by atoms with Gasteiger partial charge in [-0.15, -0.1) is 23.7 Å². The standard InChI is InChI=1S/C16H21N3O3S.ClH/c1-11(22-14-6-4-3-5-13(14)21-2)9-18-16(20)12-10-23-15(19-12)7-8-17;/h3-6,10-11H,7-9,17H2,1-2H3,(H,18,20);1H. The van der Waals surface area contributed by atoms with E-state index in [2.05, 4.69) is 10.3 Å². The van der Waals surface area contributed by atoms with E-state index in [9.17, 15) is 4.79 Å². The molecule has 0 spiro atoms. The van der Waals surface area contributed by atoms with Gasteiger partial charge in [-0.1, -0.05) is 12.1 Å². The molecular formula is C16H22ClN3O3S. The van der Waals surface area contributed by atoms with Crippen LogP contribution in [0.4, 0.5) is 0 Å². The maximum absolute atomic E-state index is 12.1. The van der Waals surface area contributed by atoms with Crippen molar-refractivity contribution in [3.63, 3.8) is 0 Å². The molecule has 0 aliphatic heterocycles. The Morgan fingerprint density at radius 1 is 1.38 bits per heavy atom. The predicted octanol–water partition coefficient (Wildman–Crippen LogP) is 2.27. The number of carbonyl (C=O) groups is 1. The van der Waals surface area contributed by atoms with Crippen LogP contribution in [0.25, 0.3) is 0 Å². The van der Waals surface area contributed by atoms with Gasteiger partial charge in [0.2, 0.25) is 0 Å². The van der Waals surface area contributed by atoms with Crippen LogP contribution in [0.2, 0.25) is 0 Å². The number of amides is 1. The van der Waals surface area contributed by atoms with Crippen LogP contribution in [-0.2, 0) is 6.42 Å². The summed E-state index contributed by atoms with van der Waals surface area (Å²) < 4.78 is 11.0. The lowest BCUT2D eigenvalue weighted by molar-refractivity contribution is 0.0927. The van der Waals surface area contributed by atoms with Crippen molar-refractivity contribution >= 4 is 29.7 Å². The molecule has 8 heteroatoms. The van der Waals surface area contributed by atoms with Crippen molar-refractivity contribution in [1.29, 1.82) is 0 Å². The fraction of sp³-hybridized carbons (Fsp3) is 0.375. The van der Waals surface area contributed by atoms with Crippen LogP contribution in [0, 0.1) is 0 Å². The van der Waals surface area contributed by atoms with Crippen LogP contribution in [-0.4, -0.2) is 37.2 Å². The minimum atomic E-state index is -0.208. The molecule has 0 aliphatic rings. The second kappa shape index (κ2) is 10.1. The number of ether oxygens (including phenoxy) is 2. The number of thiazole rings is 1. The number of carbonyl (C=O) groups excluding carboxylic acids is 1. The molecule has 6 nitrogen and oxygen atoms in total. The summed E-state index contributed by atoms with van der Waals surface area (Å²) in [7, 11) is 1.59. The van der Waals surface area contributed by atoms with Crippen LogP contribution in [0.5, 0.6) is 11.5 Å². The number of nitrogens with one attached hydrogen (secondary N) is 1. The first kappa shape index (κ1) is 20.2. The molecule has 1 heterocycles. The average molecular weight is 372 g/mol. The average Bonchev–Trinajstić information content (AvgIpc) is 3.02. The maximum Gasteiger partial charge on any atom is 0.270 e. The van der Waals surface area contributed by atoms with Gasteiger partial charge in [-0.3, -0.25) is 4.79 Å². The molecule has 0 saturated heterocycles. The van der Waals surface area contributed by atoms with Crippen LogP contribution in [0.1, 0.15) is 22.4 Å². The monoisotopic (exact) mass is 371 g/mol. The fourth-order valence-corrected chi connectivity index (χ4v) is 2.75. The van der Waals surface area contributed by atoms with Crippen LogP contribution in [0.3, 0.4) is 0 Å². The normalized spacial score (nSPS) is 11.3. The summed E-state index contributed by atoms with van der Waals surface area (Å²) in [4.78, 5) is 16.3. The Morgan fingerprint density at radius 2 is 2.08 bits per heavy atom. The number of nitrogens with zero attached hydrogens (tertiary/aromatic N) is 1. The molecule has 132 valence electrons. The molecule has 3 N–H and O–H groups in total. The molecule has 0 aliphatic carbocycles. The first-order chi connectivity index (χ1) is 11.1. The van der Waals surface area contributed by atoms with E-state index < -0.39 is 0 Å². The van der Waals surface area contributed by atoms with Gasteiger partial charge in [-0.25, -0.2) is 4.98 Å². The lowest BCUT2D eigenvalue weighted by atomic mass is 10.3. The van der Waals surface area contributed by atoms with Gasteiger partial charge < -0.3 is 20.5 Å². The molecule has 0 saturated carbocycles. The topological polar surface area (TPSA) is 86.5 Å². The lowest BCUT2D eigenvalue weighted by Gasteiger charge is -2.17. The number of nitrogens with two attached hydrogens (primary N) is 1. The molecule has 1 unspecified atom stereocenters. The van der Waals surface area contributed by atoms with E-state index in [4.69, 9.17) is 15.2 Å². The Hall–Kier alpha value is -1.83. The van der Waals surface area contributed by atoms with Gasteiger partial charge in [0.05, 0.1) is 18.7 Å². The number of methoxy groups -OCH3 is 1. The number of rotatable bonds is 8. The van der Waals surface area contributed by atoms with Gasteiger partial charge in [-0.05, 0) is 25.6 Å². The summed E-state index contributed by atoms with van der Waals surface area (Å²) in [5.41, 5.74) is 5.90. The summed E-state index contributed by atoms with van der Waals surface area (Å²) in [6.07, 6.45) is 0.489. The van der Waals surface area contributed by atoms with Crippen molar-refractivity contribution in [3.05, 3.63) is 40.3 Å². The molecule has 24 heavy (non-hydrogen) atoms. The number of halogens is 1. The maximum atomic E-state index is 12.1. The van der Waals surface area contributed by atoms with Crippen molar-refractivity contribution in [3.8, 4) is 11.5 Å². The number of para-hydroxylation sites is 2. The molecule has 1 aromatic carbocycles. The zero-order valence-corrected chi connectivity index (χ0v) is 15.3.